The molecule has 1 aliphatic heterocycles. The monoisotopic (exact) mass is 380 g/mol. The molecule has 1 N–H and O–H groups in total. The number of amides is 1. The van der Waals surface area contributed by atoms with Crippen molar-refractivity contribution in [1.82, 2.24) is 25.1 Å². The normalized spacial score (nSPS) is 15.0. The summed E-state index contributed by atoms with van der Waals surface area (Å²) in [5.74, 6) is 2.28. The SMILES string of the molecule is Cc1cc(C)n(-c2ccnc(N3CCC(C(=O)NCc4ccco4)CC3)n2)n1. The van der Waals surface area contributed by atoms with Crippen molar-refractivity contribution < 1.29 is 9.21 Å². The molecule has 0 aromatic carbocycles. The molecule has 1 aliphatic rings. The molecule has 4 heterocycles. The molecule has 8 nitrogen and oxygen atoms in total. The summed E-state index contributed by atoms with van der Waals surface area (Å²) in [6.45, 7) is 5.90. The van der Waals surface area contributed by atoms with Crippen molar-refractivity contribution in [2.75, 3.05) is 18.0 Å². The molecule has 0 aliphatic carbocycles. The number of carbonyl (C=O) groups excluding carboxylic acids is 1. The number of hydrogen-bond donors (Lipinski definition) is 1. The highest BCUT2D eigenvalue weighted by Crippen LogP contribution is 2.22. The van der Waals surface area contributed by atoms with Crippen molar-refractivity contribution in [1.29, 1.82) is 0 Å². The van der Waals surface area contributed by atoms with Crippen LogP contribution in [-0.4, -0.2) is 38.7 Å². The third-order valence-electron chi connectivity index (χ3n) is 5.02. The van der Waals surface area contributed by atoms with Crippen molar-refractivity contribution in [2.24, 2.45) is 5.92 Å². The van der Waals surface area contributed by atoms with Crippen LogP contribution in [0.2, 0.25) is 0 Å². The summed E-state index contributed by atoms with van der Waals surface area (Å²) in [5, 5.41) is 7.45. The van der Waals surface area contributed by atoms with Gasteiger partial charge in [0.05, 0.1) is 18.5 Å². The molecule has 0 unspecified atom stereocenters. The van der Waals surface area contributed by atoms with Crippen LogP contribution in [0.1, 0.15) is 30.0 Å². The van der Waals surface area contributed by atoms with E-state index in [9.17, 15) is 4.79 Å². The minimum Gasteiger partial charge on any atom is -0.467 e. The standard InChI is InChI=1S/C20H24N6O2/c1-14-12-15(2)26(24-14)18-5-8-21-20(23-18)25-9-6-16(7-10-25)19(27)22-13-17-4-3-11-28-17/h3-5,8,11-12,16H,6-7,9-10,13H2,1-2H3,(H,22,27). The number of furan rings is 1. The van der Waals surface area contributed by atoms with Gasteiger partial charge in [-0.15, -0.1) is 0 Å². The van der Waals surface area contributed by atoms with E-state index in [0.717, 1.165) is 48.9 Å². The van der Waals surface area contributed by atoms with Crippen molar-refractivity contribution in [3.63, 3.8) is 0 Å². The first kappa shape index (κ1) is 18.2. The van der Waals surface area contributed by atoms with Gasteiger partial charge in [0.15, 0.2) is 5.82 Å². The summed E-state index contributed by atoms with van der Waals surface area (Å²) in [6.07, 6.45) is 4.92. The van der Waals surface area contributed by atoms with Gasteiger partial charge in [0.25, 0.3) is 0 Å². The van der Waals surface area contributed by atoms with E-state index >= 15 is 0 Å². The molecule has 8 heteroatoms. The zero-order valence-corrected chi connectivity index (χ0v) is 16.1. The van der Waals surface area contributed by atoms with Crippen LogP contribution in [0.15, 0.2) is 41.1 Å². The molecule has 0 saturated carbocycles. The van der Waals surface area contributed by atoms with E-state index < -0.39 is 0 Å². The Morgan fingerprint density at radius 3 is 2.79 bits per heavy atom. The maximum absolute atomic E-state index is 12.4. The fraction of sp³-hybridized carbons (Fsp3) is 0.400. The van der Waals surface area contributed by atoms with Gasteiger partial charge in [0.1, 0.15) is 5.76 Å². The lowest BCUT2D eigenvalue weighted by Gasteiger charge is -2.31. The Bertz CT molecular complexity index is 942. The van der Waals surface area contributed by atoms with Gasteiger partial charge in [-0.05, 0) is 44.9 Å². The molecule has 28 heavy (non-hydrogen) atoms. The van der Waals surface area contributed by atoms with E-state index in [4.69, 9.17) is 4.42 Å². The number of nitrogens with zero attached hydrogens (tertiary/aromatic N) is 5. The predicted molar refractivity (Wildman–Crippen MR) is 104 cm³/mol. The van der Waals surface area contributed by atoms with Gasteiger partial charge in [-0.1, -0.05) is 0 Å². The maximum Gasteiger partial charge on any atom is 0.227 e. The Morgan fingerprint density at radius 2 is 2.11 bits per heavy atom. The molecular formula is C20H24N6O2. The third-order valence-corrected chi connectivity index (χ3v) is 5.02. The summed E-state index contributed by atoms with van der Waals surface area (Å²) < 4.78 is 7.09. The van der Waals surface area contributed by atoms with Gasteiger partial charge in [-0.25, -0.2) is 9.67 Å². The average Bonchev–Trinajstić information content (AvgIpc) is 3.35. The molecule has 1 fully saturated rings. The van der Waals surface area contributed by atoms with Gasteiger partial charge in [0.2, 0.25) is 11.9 Å². The Hall–Kier alpha value is -3.16. The van der Waals surface area contributed by atoms with E-state index in [1.165, 1.54) is 0 Å². The van der Waals surface area contributed by atoms with E-state index in [2.05, 4.69) is 25.3 Å². The summed E-state index contributed by atoms with van der Waals surface area (Å²) in [7, 11) is 0. The number of rotatable bonds is 5. The summed E-state index contributed by atoms with van der Waals surface area (Å²) >= 11 is 0. The van der Waals surface area contributed by atoms with Crippen LogP contribution in [-0.2, 0) is 11.3 Å². The third kappa shape index (κ3) is 3.90. The fourth-order valence-corrected chi connectivity index (χ4v) is 3.54. The van der Waals surface area contributed by atoms with Gasteiger partial charge in [0, 0.05) is 37.0 Å². The molecule has 0 radical (unpaired) electrons. The lowest BCUT2D eigenvalue weighted by Crippen LogP contribution is -2.41. The van der Waals surface area contributed by atoms with Crippen LogP contribution in [0.4, 0.5) is 5.95 Å². The number of carbonyl (C=O) groups is 1. The summed E-state index contributed by atoms with van der Waals surface area (Å²) in [4.78, 5) is 23.6. The maximum atomic E-state index is 12.4. The van der Waals surface area contributed by atoms with Gasteiger partial charge in [-0.2, -0.15) is 10.1 Å². The molecular weight excluding hydrogens is 356 g/mol. The van der Waals surface area contributed by atoms with Crippen LogP contribution in [0.25, 0.3) is 5.82 Å². The highest BCUT2D eigenvalue weighted by Gasteiger charge is 2.26. The molecule has 4 rings (SSSR count). The van der Waals surface area contributed by atoms with Crippen LogP contribution < -0.4 is 10.2 Å². The average molecular weight is 380 g/mol. The zero-order valence-electron chi connectivity index (χ0n) is 16.1. The molecule has 0 spiro atoms. The van der Waals surface area contributed by atoms with Crippen LogP contribution >= 0.6 is 0 Å². The topological polar surface area (TPSA) is 89.1 Å². The first-order valence-electron chi connectivity index (χ1n) is 9.52. The van der Waals surface area contributed by atoms with E-state index in [1.807, 2.05) is 42.8 Å². The molecule has 0 atom stereocenters. The first-order valence-corrected chi connectivity index (χ1v) is 9.52. The number of aromatic nitrogens is 4. The van der Waals surface area contributed by atoms with Crippen molar-refractivity contribution in [2.45, 2.75) is 33.2 Å². The molecule has 146 valence electrons. The Morgan fingerprint density at radius 1 is 1.29 bits per heavy atom. The van der Waals surface area contributed by atoms with E-state index in [-0.39, 0.29) is 11.8 Å². The number of hydrogen-bond acceptors (Lipinski definition) is 6. The number of nitrogens with one attached hydrogen (secondary N) is 1. The second-order valence-corrected chi connectivity index (χ2v) is 7.11. The van der Waals surface area contributed by atoms with Gasteiger partial charge >= 0.3 is 0 Å². The minimum absolute atomic E-state index is 0.00500. The van der Waals surface area contributed by atoms with Crippen LogP contribution in [0.3, 0.4) is 0 Å². The Kier molecular flexibility index (Phi) is 5.10. The quantitative estimate of drug-likeness (QED) is 0.731. The van der Waals surface area contributed by atoms with Crippen LogP contribution in [0, 0.1) is 19.8 Å². The molecule has 0 bridgehead atoms. The number of anilines is 1. The molecule has 1 saturated heterocycles. The number of aryl methyl sites for hydroxylation is 2. The second kappa shape index (κ2) is 7.84. The minimum atomic E-state index is 0.00500. The van der Waals surface area contributed by atoms with Crippen LogP contribution in [0.5, 0.6) is 0 Å². The van der Waals surface area contributed by atoms with Crippen molar-refractivity contribution in [3.8, 4) is 5.82 Å². The second-order valence-electron chi connectivity index (χ2n) is 7.11. The number of piperidine rings is 1. The Balaban J connectivity index is 1.36. The van der Waals surface area contributed by atoms with Crippen molar-refractivity contribution in [3.05, 3.63) is 53.9 Å². The lowest BCUT2D eigenvalue weighted by molar-refractivity contribution is -0.125. The highest BCUT2D eigenvalue weighted by atomic mass is 16.3. The van der Waals surface area contributed by atoms with Crippen molar-refractivity contribution >= 4 is 11.9 Å². The van der Waals surface area contributed by atoms with E-state index in [1.54, 1.807) is 12.5 Å². The first-order chi connectivity index (χ1) is 13.6. The lowest BCUT2D eigenvalue weighted by atomic mass is 9.96. The zero-order chi connectivity index (χ0) is 19.5. The van der Waals surface area contributed by atoms with Gasteiger partial charge < -0.3 is 14.6 Å². The fourth-order valence-electron chi connectivity index (χ4n) is 3.54. The predicted octanol–water partition coefficient (Wildman–Crippen LogP) is 2.40. The molecule has 3 aromatic rings. The smallest absolute Gasteiger partial charge is 0.227 e. The molecule has 3 aromatic heterocycles. The van der Waals surface area contributed by atoms with Gasteiger partial charge in [-0.3, -0.25) is 4.79 Å². The largest absolute Gasteiger partial charge is 0.467 e. The van der Waals surface area contributed by atoms with E-state index in [0.29, 0.717) is 12.5 Å². The molecule has 1 amide bonds. The summed E-state index contributed by atoms with van der Waals surface area (Å²) in [6, 6.07) is 7.56. The Labute approximate surface area is 163 Å². The highest BCUT2D eigenvalue weighted by molar-refractivity contribution is 5.78. The summed E-state index contributed by atoms with van der Waals surface area (Å²) in [5.41, 5.74) is 1.99.